The Kier molecular flexibility index (Phi) is 5.96. The molecule has 2 unspecified atom stereocenters. The van der Waals surface area contributed by atoms with Gasteiger partial charge in [0.15, 0.2) is 0 Å². The number of aromatic nitrogens is 1. The predicted octanol–water partition coefficient (Wildman–Crippen LogP) is 1.69. The molecule has 2 amide bonds. The Bertz CT molecular complexity index is 476. The number of carbonyl (C=O) groups is 2. The highest BCUT2D eigenvalue weighted by atomic mass is 16.4. The number of nitrogens with zero attached hydrogens (tertiary/aromatic N) is 1. The Morgan fingerprint density at radius 3 is 2.70 bits per heavy atom. The van der Waals surface area contributed by atoms with Gasteiger partial charge in [0.25, 0.3) is 0 Å². The highest BCUT2D eigenvalue weighted by Gasteiger charge is 2.25. The summed E-state index contributed by atoms with van der Waals surface area (Å²) in [7, 11) is 0. The zero-order valence-corrected chi connectivity index (χ0v) is 12.0. The van der Waals surface area contributed by atoms with E-state index in [0.717, 1.165) is 11.3 Å². The molecule has 20 heavy (non-hydrogen) atoms. The maximum absolute atomic E-state index is 11.7. The van der Waals surface area contributed by atoms with Gasteiger partial charge >= 0.3 is 12.0 Å². The fraction of sp³-hybridized carbons (Fsp3) is 0.500. The van der Waals surface area contributed by atoms with Gasteiger partial charge in [-0.15, -0.1) is 0 Å². The number of carboxylic acid groups (broad SMARTS) is 1. The lowest BCUT2D eigenvalue weighted by atomic mass is 9.99. The summed E-state index contributed by atoms with van der Waals surface area (Å²) in [5.74, 6) is -1.15. The smallest absolute Gasteiger partial charge is 0.326 e. The first-order valence-electron chi connectivity index (χ1n) is 6.63. The van der Waals surface area contributed by atoms with Crippen LogP contribution >= 0.6 is 0 Å². The lowest BCUT2D eigenvalue weighted by Gasteiger charge is -2.20. The van der Waals surface area contributed by atoms with Crippen LogP contribution in [0, 0.1) is 12.8 Å². The van der Waals surface area contributed by atoms with E-state index < -0.39 is 18.0 Å². The van der Waals surface area contributed by atoms with Gasteiger partial charge in [0.2, 0.25) is 0 Å². The second-order valence-electron chi connectivity index (χ2n) is 4.80. The van der Waals surface area contributed by atoms with Crippen LogP contribution in [0.4, 0.5) is 4.79 Å². The maximum Gasteiger partial charge on any atom is 0.326 e. The summed E-state index contributed by atoms with van der Waals surface area (Å²) in [5.41, 5.74) is 1.74. The Labute approximate surface area is 118 Å². The third kappa shape index (κ3) is 4.53. The topological polar surface area (TPSA) is 91.3 Å². The molecule has 0 saturated carbocycles. The van der Waals surface area contributed by atoms with Gasteiger partial charge in [-0.25, -0.2) is 9.59 Å². The summed E-state index contributed by atoms with van der Waals surface area (Å²) in [5, 5.41) is 14.2. The molecule has 2 atom stereocenters. The third-order valence-corrected chi connectivity index (χ3v) is 3.30. The standard InChI is InChI=1S/C14H21N3O3/c1-4-9(2)12(13(18)19)17-14(20)16-8-11-10(3)6-5-7-15-11/h5-7,9,12H,4,8H2,1-3H3,(H,18,19)(H2,16,17,20). The summed E-state index contributed by atoms with van der Waals surface area (Å²) in [6.07, 6.45) is 2.33. The molecule has 1 heterocycles. The summed E-state index contributed by atoms with van der Waals surface area (Å²) < 4.78 is 0. The summed E-state index contributed by atoms with van der Waals surface area (Å²) in [6, 6.07) is 2.34. The van der Waals surface area contributed by atoms with E-state index in [-0.39, 0.29) is 12.5 Å². The van der Waals surface area contributed by atoms with Gasteiger partial charge in [-0.3, -0.25) is 4.98 Å². The minimum atomic E-state index is -1.02. The van der Waals surface area contributed by atoms with E-state index in [1.807, 2.05) is 26.0 Å². The number of carbonyl (C=O) groups excluding carboxylic acids is 1. The highest BCUT2D eigenvalue weighted by molar-refractivity contribution is 5.82. The van der Waals surface area contributed by atoms with Gasteiger partial charge in [0, 0.05) is 6.20 Å². The molecule has 3 N–H and O–H groups in total. The van der Waals surface area contributed by atoms with E-state index in [0.29, 0.717) is 6.42 Å². The largest absolute Gasteiger partial charge is 0.480 e. The molecule has 1 aromatic heterocycles. The average molecular weight is 279 g/mol. The van der Waals surface area contributed by atoms with Gasteiger partial charge in [0.1, 0.15) is 6.04 Å². The van der Waals surface area contributed by atoms with Crippen molar-refractivity contribution in [1.82, 2.24) is 15.6 Å². The molecular weight excluding hydrogens is 258 g/mol. The second-order valence-corrected chi connectivity index (χ2v) is 4.80. The third-order valence-electron chi connectivity index (χ3n) is 3.30. The van der Waals surface area contributed by atoms with Crippen LogP contribution in [0.15, 0.2) is 18.3 Å². The number of aryl methyl sites for hydroxylation is 1. The zero-order valence-electron chi connectivity index (χ0n) is 12.0. The van der Waals surface area contributed by atoms with Crippen LogP contribution < -0.4 is 10.6 Å². The number of amides is 2. The van der Waals surface area contributed by atoms with Crippen LogP contribution in [0.1, 0.15) is 31.5 Å². The molecule has 0 bridgehead atoms. The van der Waals surface area contributed by atoms with E-state index in [4.69, 9.17) is 5.11 Å². The van der Waals surface area contributed by atoms with E-state index >= 15 is 0 Å². The van der Waals surface area contributed by atoms with Crippen LogP contribution in [-0.2, 0) is 11.3 Å². The molecule has 0 aliphatic heterocycles. The number of pyridine rings is 1. The minimum absolute atomic E-state index is 0.130. The quantitative estimate of drug-likeness (QED) is 0.739. The number of aliphatic carboxylic acids is 1. The molecule has 0 fully saturated rings. The predicted molar refractivity (Wildman–Crippen MR) is 75.2 cm³/mol. The number of carboxylic acids is 1. The molecule has 0 radical (unpaired) electrons. The first-order valence-corrected chi connectivity index (χ1v) is 6.63. The molecule has 6 nitrogen and oxygen atoms in total. The number of nitrogens with one attached hydrogen (secondary N) is 2. The van der Waals surface area contributed by atoms with Crippen LogP contribution in [0.25, 0.3) is 0 Å². The van der Waals surface area contributed by atoms with Gasteiger partial charge in [-0.05, 0) is 24.5 Å². The van der Waals surface area contributed by atoms with Crippen molar-refractivity contribution in [3.63, 3.8) is 0 Å². The Morgan fingerprint density at radius 1 is 1.45 bits per heavy atom. The molecular formula is C14H21N3O3. The van der Waals surface area contributed by atoms with Crippen LogP contribution in [0.3, 0.4) is 0 Å². The summed E-state index contributed by atoms with van der Waals surface area (Å²) in [6.45, 7) is 5.85. The van der Waals surface area contributed by atoms with Gasteiger partial charge < -0.3 is 15.7 Å². The fourth-order valence-electron chi connectivity index (χ4n) is 1.74. The molecule has 0 aromatic carbocycles. The monoisotopic (exact) mass is 279 g/mol. The van der Waals surface area contributed by atoms with Crippen molar-refractivity contribution in [3.8, 4) is 0 Å². The van der Waals surface area contributed by atoms with Gasteiger partial charge in [0.05, 0.1) is 12.2 Å². The van der Waals surface area contributed by atoms with Crippen LogP contribution in [-0.4, -0.2) is 28.1 Å². The lowest BCUT2D eigenvalue weighted by Crippen LogP contribution is -2.49. The van der Waals surface area contributed by atoms with Crippen molar-refractivity contribution in [3.05, 3.63) is 29.6 Å². The number of rotatable bonds is 6. The first-order chi connectivity index (χ1) is 9.45. The lowest BCUT2D eigenvalue weighted by molar-refractivity contribution is -0.140. The van der Waals surface area contributed by atoms with E-state index in [1.54, 1.807) is 13.1 Å². The molecule has 6 heteroatoms. The maximum atomic E-state index is 11.7. The minimum Gasteiger partial charge on any atom is -0.480 e. The number of urea groups is 1. The number of hydrogen-bond acceptors (Lipinski definition) is 3. The van der Waals surface area contributed by atoms with Crippen LogP contribution in [0.5, 0.6) is 0 Å². The van der Waals surface area contributed by atoms with E-state index in [2.05, 4.69) is 15.6 Å². The molecule has 0 aliphatic carbocycles. The van der Waals surface area contributed by atoms with E-state index in [9.17, 15) is 9.59 Å². The van der Waals surface area contributed by atoms with Crippen molar-refractivity contribution in [2.45, 2.75) is 39.8 Å². The molecule has 0 aliphatic rings. The molecule has 0 saturated heterocycles. The Morgan fingerprint density at radius 2 is 2.15 bits per heavy atom. The van der Waals surface area contributed by atoms with E-state index in [1.165, 1.54) is 0 Å². The normalized spacial score (nSPS) is 13.3. The zero-order chi connectivity index (χ0) is 15.1. The first kappa shape index (κ1) is 15.9. The highest BCUT2D eigenvalue weighted by Crippen LogP contribution is 2.08. The van der Waals surface area contributed by atoms with Gasteiger partial charge in [-0.1, -0.05) is 26.3 Å². The summed E-state index contributed by atoms with van der Waals surface area (Å²) >= 11 is 0. The number of hydrogen-bond donors (Lipinski definition) is 3. The average Bonchev–Trinajstić information content (AvgIpc) is 2.42. The molecule has 0 spiro atoms. The molecule has 1 rings (SSSR count). The van der Waals surface area contributed by atoms with Crippen molar-refractivity contribution < 1.29 is 14.7 Å². The van der Waals surface area contributed by atoms with Crippen molar-refractivity contribution in [1.29, 1.82) is 0 Å². The van der Waals surface area contributed by atoms with Gasteiger partial charge in [-0.2, -0.15) is 0 Å². The fourth-order valence-corrected chi connectivity index (χ4v) is 1.74. The Hall–Kier alpha value is -2.11. The van der Waals surface area contributed by atoms with Crippen molar-refractivity contribution in [2.75, 3.05) is 0 Å². The van der Waals surface area contributed by atoms with Crippen LogP contribution in [0.2, 0.25) is 0 Å². The summed E-state index contributed by atoms with van der Waals surface area (Å²) in [4.78, 5) is 27.0. The van der Waals surface area contributed by atoms with Crippen molar-refractivity contribution >= 4 is 12.0 Å². The van der Waals surface area contributed by atoms with Crippen molar-refractivity contribution in [2.24, 2.45) is 5.92 Å². The Balaban J connectivity index is 2.55. The SMILES string of the molecule is CCC(C)C(NC(=O)NCc1ncccc1C)C(=O)O. The molecule has 1 aromatic rings. The molecule has 110 valence electrons. The second kappa shape index (κ2) is 7.47.